The fourth-order valence-electron chi connectivity index (χ4n) is 1.45. The van der Waals surface area contributed by atoms with Crippen LogP contribution in [-0.4, -0.2) is 24.6 Å². The van der Waals surface area contributed by atoms with E-state index >= 15 is 0 Å². The van der Waals surface area contributed by atoms with Crippen LogP contribution in [0, 0.1) is 10.1 Å². The molecule has 6 nitrogen and oxygen atoms in total. The van der Waals surface area contributed by atoms with Crippen molar-refractivity contribution in [2.24, 2.45) is 0 Å². The molecule has 1 heterocycles. The SMILES string of the molecule is COC(=O)c1cc([N+](=O)[O-])ccc1C1CO1. The van der Waals surface area contributed by atoms with Crippen molar-refractivity contribution in [2.75, 3.05) is 13.7 Å². The molecule has 1 aliphatic heterocycles. The second kappa shape index (κ2) is 3.90. The topological polar surface area (TPSA) is 82.0 Å². The summed E-state index contributed by atoms with van der Waals surface area (Å²) in [7, 11) is 1.23. The average Bonchev–Trinajstić information content (AvgIpc) is 3.11. The van der Waals surface area contributed by atoms with Gasteiger partial charge in [-0.3, -0.25) is 10.1 Å². The summed E-state index contributed by atoms with van der Waals surface area (Å²) in [5, 5.41) is 10.6. The molecule has 0 bridgehead atoms. The van der Waals surface area contributed by atoms with Crippen LogP contribution >= 0.6 is 0 Å². The zero-order valence-corrected chi connectivity index (χ0v) is 8.50. The van der Waals surface area contributed by atoms with E-state index in [0.717, 1.165) is 0 Å². The first-order chi connectivity index (χ1) is 7.63. The third kappa shape index (κ3) is 1.87. The van der Waals surface area contributed by atoms with Crippen LogP contribution in [0.2, 0.25) is 0 Å². The second-order valence-electron chi connectivity index (χ2n) is 3.34. The minimum atomic E-state index is -0.589. The van der Waals surface area contributed by atoms with Gasteiger partial charge in [-0.1, -0.05) is 0 Å². The molecule has 1 aliphatic rings. The van der Waals surface area contributed by atoms with E-state index in [1.54, 1.807) is 0 Å². The van der Waals surface area contributed by atoms with Crippen LogP contribution < -0.4 is 0 Å². The van der Waals surface area contributed by atoms with Crippen molar-refractivity contribution >= 4 is 11.7 Å². The van der Waals surface area contributed by atoms with Crippen molar-refractivity contribution in [1.29, 1.82) is 0 Å². The van der Waals surface area contributed by atoms with Crippen LogP contribution in [0.15, 0.2) is 18.2 Å². The first-order valence-electron chi connectivity index (χ1n) is 4.61. The summed E-state index contributed by atoms with van der Waals surface area (Å²) in [4.78, 5) is 21.5. The Kier molecular flexibility index (Phi) is 2.57. The maximum atomic E-state index is 11.4. The lowest BCUT2D eigenvalue weighted by atomic mass is 10.0. The van der Waals surface area contributed by atoms with Gasteiger partial charge in [0, 0.05) is 12.1 Å². The first-order valence-corrected chi connectivity index (χ1v) is 4.61. The number of esters is 1. The van der Waals surface area contributed by atoms with Crippen LogP contribution in [0.4, 0.5) is 5.69 Å². The van der Waals surface area contributed by atoms with Gasteiger partial charge in [0.1, 0.15) is 6.10 Å². The van der Waals surface area contributed by atoms with Crippen molar-refractivity contribution in [1.82, 2.24) is 0 Å². The van der Waals surface area contributed by atoms with Crippen molar-refractivity contribution in [3.63, 3.8) is 0 Å². The Morgan fingerprint density at radius 1 is 1.62 bits per heavy atom. The zero-order valence-electron chi connectivity index (χ0n) is 8.50. The van der Waals surface area contributed by atoms with Crippen LogP contribution in [0.3, 0.4) is 0 Å². The van der Waals surface area contributed by atoms with Gasteiger partial charge >= 0.3 is 5.97 Å². The Labute approximate surface area is 90.9 Å². The smallest absolute Gasteiger partial charge is 0.338 e. The Morgan fingerprint density at radius 3 is 2.81 bits per heavy atom. The van der Waals surface area contributed by atoms with Gasteiger partial charge in [-0.15, -0.1) is 0 Å². The number of nitrogens with zero attached hydrogens (tertiary/aromatic N) is 1. The van der Waals surface area contributed by atoms with Gasteiger partial charge in [0.15, 0.2) is 0 Å². The summed E-state index contributed by atoms with van der Waals surface area (Å²) >= 11 is 0. The Bertz CT molecular complexity index is 453. The minimum Gasteiger partial charge on any atom is -0.465 e. The van der Waals surface area contributed by atoms with Crippen LogP contribution in [-0.2, 0) is 9.47 Å². The normalized spacial score (nSPS) is 17.9. The van der Waals surface area contributed by atoms with Crippen molar-refractivity contribution in [2.45, 2.75) is 6.10 Å². The molecule has 0 spiro atoms. The number of hydrogen-bond donors (Lipinski definition) is 0. The highest BCUT2D eigenvalue weighted by atomic mass is 16.6. The molecule has 1 aromatic carbocycles. The predicted octanol–water partition coefficient (Wildman–Crippen LogP) is 1.45. The number of carbonyl (C=O) groups is 1. The maximum absolute atomic E-state index is 11.4. The summed E-state index contributed by atoms with van der Waals surface area (Å²) in [5.74, 6) is -0.589. The molecule has 2 rings (SSSR count). The lowest BCUT2D eigenvalue weighted by Crippen LogP contribution is -2.06. The number of benzene rings is 1. The number of nitro benzene ring substituents is 1. The molecule has 0 saturated carbocycles. The van der Waals surface area contributed by atoms with Crippen LogP contribution in [0.25, 0.3) is 0 Å². The van der Waals surface area contributed by atoms with E-state index in [9.17, 15) is 14.9 Å². The van der Waals surface area contributed by atoms with E-state index < -0.39 is 10.9 Å². The highest BCUT2D eigenvalue weighted by Crippen LogP contribution is 2.34. The fourth-order valence-corrected chi connectivity index (χ4v) is 1.45. The fraction of sp³-hybridized carbons (Fsp3) is 0.300. The summed E-state index contributed by atoms with van der Waals surface area (Å²) in [5.41, 5.74) is 0.696. The van der Waals surface area contributed by atoms with E-state index in [1.807, 2.05) is 0 Å². The van der Waals surface area contributed by atoms with E-state index in [4.69, 9.17) is 4.74 Å². The van der Waals surface area contributed by atoms with Crippen molar-refractivity contribution in [3.8, 4) is 0 Å². The molecule has 84 valence electrons. The van der Waals surface area contributed by atoms with Gasteiger partial charge in [-0.2, -0.15) is 0 Å². The van der Waals surface area contributed by atoms with Gasteiger partial charge in [0.25, 0.3) is 5.69 Å². The van der Waals surface area contributed by atoms with Crippen molar-refractivity contribution < 1.29 is 19.2 Å². The first kappa shape index (κ1) is 10.6. The highest BCUT2D eigenvalue weighted by molar-refractivity contribution is 5.92. The molecule has 0 amide bonds. The number of hydrogen-bond acceptors (Lipinski definition) is 5. The Hall–Kier alpha value is -1.95. The maximum Gasteiger partial charge on any atom is 0.338 e. The summed E-state index contributed by atoms with van der Waals surface area (Å²) in [6.45, 7) is 0.530. The van der Waals surface area contributed by atoms with Crippen LogP contribution in [0.1, 0.15) is 22.0 Å². The highest BCUT2D eigenvalue weighted by Gasteiger charge is 2.30. The summed E-state index contributed by atoms with van der Waals surface area (Å²) < 4.78 is 9.63. The van der Waals surface area contributed by atoms with Gasteiger partial charge in [0.05, 0.1) is 24.2 Å². The Morgan fingerprint density at radius 2 is 2.31 bits per heavy atom. The number of non-ortho nitro benzene ring substituents is 1. The molecule has 0 aliphatic carbocycles. The van der Waals surface area contributed by atoms with E-state index in [2.05, 4.69) is 4.74 Å². The molecule has 16 heavy (non-hydrogen) atoms. The molecule has 1 atom stereocenters. The molecule has 1 aromatic rings. The zero-order chi connectivity index (χ0) is 11.7. The molecule has 6 heteroatoms. The molecule has 1 saturated heterocycles. The average molecular weight is 223 g/mol. The van der Waals surface area contributed by atoms with E-state index in [-0.39, 0.29) is 17.4 Å². The number of carbonyl (C=O) groups excluding carboxylic acids is 1. The summed E-state index contributed by atoms with van der Waals surface area (Å²) in [6, 6.07) is 4.09. The number of methoxy groups -OCH3 is 1. The second-order valence-corrected chi connectivity index (χ2v) is 3.34. The standard InChI is InChI=1S/C10H9NO5/c1-15-10(12)8-4-6(11(13)14)2-3-7(8)9-5-16-9/h2-4,9H,5H2,1H3. The summed E-state index contributed by atoms with van der Waals surface area (Å²) in [6.07, 6.45) is -0.144. The predicted molar refractivity (Wildman–Crippen MR) is 53.1 cm³/mol. The number of ether oxygens (including phenoxy) is 2. The molecule has 1 unspecified atom stereocenters. The molecular weight excluding hydrogens is 214 g/mol. The van der Waals surface area contributed by atoms with Gasteiger partial charge in [-0.25, -0.2) is 4.79 Å². The van der Waals surface area contributed by atoms with E-state index in [0.29, 0.717) is 12.2 Å². The lowest BCUT2D eigenvalue weighted by Gasteiger charge is -2.04. The molecule has 0 radical (unpaired) electrons. The third-order valence-electron chi connectivity index (χ3n) is 2.33. The van der Waals surface area contributed by atoms with Gasteiger partial charge < -0.3 is 9.47 Å². The number of nitro groups is 1. The molecule has 0 aromatic heterocycles. The molecule has 0 N–H and O–H groups in total. The number of rotatable bonds is 3. The van der Waals surface area contributed by atoms with Gasteiger partial charge in [-0.05, 0) is 11.6 Å². The lowest BCUT2D eigenvalue weighted by molar-refractivity contribution is -0.384. The monoisotopic (exact) mass is 223 g/mol. The third-order valence-corrected chi connectivity index (χ3v) is 2.33. The van der Waals surface area contributed by atoms with Gasteiger partial charge in [0.2, 0.25) is 0 Å². The van der Waals surface area contributed by atoms with Crippen LogP contribution in [0.5, 0.6) is 0 Å². The Balaban J connectivity index is 2.46. The van der Waals surface area contributed by atoms with E-state index in [1.165, 1.54) is 25.3 Å². The van der Waals surface area contributed by atoms with Crippen molar-refractivity contribution in [3.05, 3.63) is 39.4 Å². The number of epoxide rings is 1. The largest absolute Gasteiger partial charge is 0.465 e. The minimum absolute atomic E-state index is 0.134. The molecule has 1 fully saturated rings. The quantitative estimate of drug-likeness (QED) is 0.335. The molecular formula is C10H9NO5.